The van der Waals surface area contributed by atoms with Gasteiger partial charge >= 0.3 is 11.9 Å². The lowest BCUT2D eigenvalue weighted by molar-refractivity contribution is -0.144. The number of carboxylic acid groups (broad SMARTS) is 2. The quantitative estimate of drug-likeness (QED) is 0.0268. The molecule has 2 aromatic heterocycles. The van der Waals surface area contributed by atoms with Gasteiger partial charge in [-0.25, -0.2) is 13.2 Å². The molecule has 0 aliphatic carbocycles. The van der Waals surface area contributed by atoms with Crippen LogP contribution in [0.25, 0.3) is 12.2 Å². The Morgan fingerprint density at radius 2 is 0.893 bits per heavy atom. The van der Waals surface area contributed by atoms with Crippen molar-refractivity contribution in [1.82, 2.24) is 29.9 Å². The Kier molecular flexibility index (Phi) is 19.3. The molecule has 42 heteroatoms. The molecule has 0 amide bonds. The van der Waals surface area contributed by atoms with Crippen LogP contribution in [-0.2, 0) is 70.3 Å². The first-order chi connectivity index (χ1) is 38.6. The molecule has 14 N–H and O–H groups in total. The number of carboxylic acids is 2. The maximum absolute atomic E-state index is 12.9. The van der Waals surface area contributed by atoms with Crippen molar-refractivity contribution in [2.45, 2.75) is 67.9 Å². The number of hydrogen-bond donors (Lipinski definition) is 14. The molecule has 452 valence electrons. The predicted octanol–water partition coefficient (Wildman–Crippen LogP) is 1.25. The summed E-state index contributed by atoms with van der Waals surface area (Å²) < 4.78 is 210. The first kappa shape index (κ1) is 64.9. The molecule has 0 bridgehead atoms. The van der Waals surface area contributed by atoms with Crippen molar-refractivity contribution in [3.63, 3.8) is 0 Å². The van der Waals surface area contributed by atoms with E-state index in [2.05, 4.69) is 56.5 Å². The van der Waals surface area contributed by atoms with Gasteiger partial charge in [0.25, 0.3) is 50.6 Å². The van der Waals surface area contributed by atoms with Gasteiger partial charge in [0.15, 0.2) is 0 Å². The maximum Gasteiger partial charge on any atom is 0.326 e. The van der Waals surface area contributed by atoms with Crippen molar-refractivity contribution in [3.8, 4) is 0 Å². The molecule has 0 saturated heterocycles. The Bertz CT molecular complexity index is 4320. The lowest BCUT2D eigenvalue weighted by Crippen LogP contribution is -2.37. The van der Waals surface area contributed by atoms with E-state index in [9.17, 15) is 108 Å². The second-order valence-electron chi connectivity index (χ2n) is 17.3. The van der Waals surface area contributed by atoms with Crippen LogP contribution >= 0.6 is 0 Å². The third-order valence-corrected chi connectivity index (χ3v) is 15.9. The lowest BCUT2D eigenvalue weighted by Gasteiger charge is -2.26. The van der Waals surface area contributed by atoms with E-state index < -0.39 is 173 Å². The summed E-state index contributed by atoms with van der Waals surface area (Å²) in [4.78, 5) is 43.0. The zero-order chi connectivity index (χ0) is 62.7. The fraction of sp³-hybridized carbons (Fsp3) is 0.190. The SMILES string of the molecule is CC(O)CN(CC(C)O)c1nc(Nc2ccc(C=Cc3ccc(Nc4nc(Nc5cc(S(=O)(=O)O)ccc5S(=O)(=O)O)nc(N[C@@H](CC(=O)O)C(=O)O)n4)cc3S(=O)(=O)O)c(S(=O)(=O)O)c2)nc(Nc2cc(S(=O)(=O)[O-])ccc2S(=O)(=O)O)n1. The zero-order valence-corrected chi connectivity index (χ0v) is 47.1. The third kappa shape index (κ3) is 17.6. The zero-order valence-electron chi connectivity index (χ0n) is 42.2. The molecule has 0 saturated carbocycles. The van der Waals surface area contributed by atoms with E-state index in [-0.39, 0.29) is 36.0 Å². The number of aromatic nitrogens is 6. The number of aliphatic hydroxyl groups excluding tert-OH is 2. The highest BCUT2D eigenvalue weighted by Crippen LogP contribution is 2.33. The second kappa shape index (κ2) is 24.9. The van der Waals surface area contributed by atoms with Crippen LogP contribution in [0, 0.1) is 0 Å². The average molecular weight is 1290 g/mol. The number of rotatable bonds is 26. The third-order valence-electron chi connectivity index (χ3n) is 10.6. The fourth-order valence-electron chi connectivity index (χ4n) is 7.18. The molecule has 6 rings (SSSR count). The Labute approximate surface area is 475 Å². The van der Waals surface area contributed by atoms with Gasteiger partial charge in [-0.3, -0.25) is 27.6 Å². The number of aliphatic hydroxyl groups is 2. The van der Waals surface area contributed by atoms with Gasteiger partial charge in [0.1, 0.15) is 35.7 Å². The highest BCUT2D eigenvalue weighted by Gasteiger charge is 2.27. The topological polar surface area (TPSA) is 585 Å². The predicted molar refractivity (Wildman–Crippen MR) is 287 cm³/mol. The smallest absolute Gasteiger partial charge is 0.326 e. The van der Waals surface area contributed by atoms with E-state index in [1.165, 1.54) is 18.7 Å². The molecule has 0 aliphatic rings. The average Bonchev–Trinajstić information content (AvgIpc) is 2.63. The van der Waals surface area contributed by atoms with Crippen molar-refractivity contribution in [3.05, 3.63) is 83.9 Å². The Balaban J connectivity index is 1.40. The van der Waals surface area contributed by atoms with Crippen LogP contribution in [0.1, 0.15) is 31.4 Å². The molecule has 0 radical (unpaired) electrons. The van der Waals surface area contributed by atoms with Crippen LogP contribution in [0.5, 0.6) is 0 Å². The molecule has 0 fully saturated rings. The summed E-state index contributed by atoms with van der Waals surface area (Å²) in [5.41, 5.74) is -2.94. The number of nitrogens with zero attached hydrogens (tertiary/aromatic N) is 7. The summed E-state index contributed by atoms with van der Waals surface area (Å²) in [6.45, 7) is 2.14. The monoisotopic (exact) mass is 1290 g/mol. The van der Waals surface area contributed by atoms with Gasteiger partial charge in [-0.2, -0.15) is 72.0 Å². The summed E-state index contributed by atoms with van der Waals surface area (Å²) in [5.74, 6) is -7.30. The molecule has 4 aromatic carbocycles. The Morgan fingerprint density at radius 3 is 1.27 bits per heavy atom. The summed E-state index contributed by atoms with van der Waals surface area (Å²) in [7, 11) is -31.2. The van der Waals surface area contributed by atoms with Gasteiger partial charge in [-0.1, -0.05) is 24.3 Å². The largest absolute Gasteiger partial charge is 0.744 e. The van der Waals surface area contributed by atoms with E-state index in [0.717, 1.165) is 48.6 Å². The number of aliphatic carboxylic acids is 2. The molecule has 0 aliphatic heterocycles. The van der Waals surface area contributed by atoms with E-state index in [4.69, 9.17) is 0 Å². The Hall–Kier alpha value is -8.24. The van der Waals surface area contributed by atoms with Crippen molar-refractivity contribution in [2.24, 2.45) is 0 Å². The molecule has 2 unspecified atom stereocenters. The van der Waals surface area contributed by atoms with Crippen molar-refractivity contribution in [1.29, 1.82) is 0 Å². The Morgan fingerprint density at radius 1 is 0.512 bits per heavy atom. The van der Waals surface area contributed by atoms with Gasteiger partial charge < -0.3 is 56.5 Å². The molecular formula is C42H43N12O24S6-. The van der Waals surface area contributed by atoms with Crippen molar-refractivity contribution < 1.29 is 108 Å². The van der Waals surface area contributed by atoms with E-state index in [0.29, 0.717) is 36.4 Å². The summed E-state index contributed by atoms with van der Waals surface area (Å²) in [5, 5.41) is 51.3. The maximum atomic E-state index is 12.9. The van der Waals surface area contributed by atoms with Crippen LogP contribution < -0.4 is 31.5 Å². The number of hydrogen-bond acceptors (Lipinski definition) is 29. The van der Waals surface area contributed by atoms with E-state index >= 15 is 0 Å². The minimum Gasteiger partial charge on any atom is -0.744 e. The number of benzene rings is 4. The number of nitrogens with one attached hydrogen (secondary N) is 5. The second-order valence-corrected chi connectivity index (χ2v) is 25.7. The molecule has 6 aromatic rings. The van der Waals surface area contributed by atoms with E-state index in [1.807, 2.05) is 0 Å². The standard InChI is InChI=1S/C42H44N12O24S6/c1-20(55)18-54(19-21(2)56)42-52-38(50-41(53-42)46-29-16-27(80(64,65)66)10-12-32(29)82(70,71)72)44-25-8-6-23(34(14-25)84(76,77)78)4-3-22-5-7-24(13-33(22)83(73,74)75)43-37-48-39(51-40(49-37)47-30(36(59)60)17-35(57)58)45-28-15-26(79(61,62)63)9-11-31(28)81(67,68)69/h3-16,20-21,30,55-56H,17-19H2,1-2H3,(H,57,58)(H,59,60)(H,61,62,63)(H,64,65,66)(H,67,68,69)(H,70,71,72)(H,73,74,75)(H,76,77,78)(H2,44,46,50,52,53)(H3,43,45,47,48,49,51)/p-1/t20?,21?,30-/m0/s1. The number of anilines is 10. The van der Waals surface area contributed by atoms with Crippen LogP contribution in [-0.4, -0.2) is 171 Å². The highest BCUT2D eigenvalue weighted by atomic mass is 32.2. The number of carbonyl (C=O) groups is 2. The van der Waals surface area contributed by atoms with Gasteiger partial charge in [-0.05, 0) is 85.6 Å². The summed E-state index contributed by atoms with van der Waals surface area (Å²) in [6.07, 6.45) is -1.45. The fourth-order valence-corrected chi connectivity index (χ4v) is 10.9. The van der Waals surface area contributed by atoms with Crippen LogP contribution in [0.2, 0.25) is 0 Å². The lowest BCUT2D eigenvalue weighted by atomic mass is 10.1. The normalized spacial score (nSPS) is 13.6. The van der Waals surface area contributed by atoms with Crippen molar-refractivity contribution in [2.75, 3.05) is 44.6 Å². The highest BCUT2D eigenvalue weighted by molar-refractivity contribution is 7.87. The van der Waals surface area contributed by atoms with Gasteiger partial charge in [0, 0.05) is 24.5 Å². The van der Waals surface area contributed by atoms with Gasteiger partial charge in [0.2, 0.25) is 35.7 Å². The van der Waals surface area contributed by atoms with Gasteiger partial charge in [-0.15, -0.1) is 0 Å². The first-order valence-electron chi connectivity index (χ1n) is 22.6. The summed E-state index contributed by atoms with van der Waals surface area (Å²) >= 11 is 0. The van der Waals surface area contributed by atoms with Crippen LogP contribution in [0.15, 0.2) is 102 Å². The minimum atomic E-state index is -5.28. The molecule has 3 atom stereocenters. The molecular weight excluding hydrogens is 1250 g/mol. The van der Waals surface area contributed by atoms with Crippen LogP contribution in [0.3, 0.4) is 0 Å². The first-order valence-corrected chi connectivity index (χ1v) is 31.2. The summed E-state index contributed by atoms with van der Waals surface area (Å²) in [6, 6.07) is 7.24. The van der Waals surface area contributed by atoms with Crippen LogP contribution in [0.4, 0.5) is 58.4 Å². The van der Waals surface area contributed by atoms with Gasteiger partial charge in [0.05, 0.1) is 39.8 Å². The minimum absolute atomic E-state index is 0.256. The molecule has 36 nitrogen and oxygen atoms in total. The molecule has 84 heavy (non-hydrogen) atoms. The molecule has 2 heterocycles. The van der Waals surface area contributed by atoms with Crippen molar-refractivity contribution >= 4 is 143 Å². The molecule has 0 spiro atoms. The van der Waals surface area contributed by atoms with E-state index in [1.54, 1.807) is 0 Å².